The van der Waals surface area contributed by atoms with E-state index in [0.29, 0.717) is 17.3 Å². The number of anilines is 2. The summed E-state index contributed by atoms with van der Waals surface area (Å²) in [5.41, 5.74) is 3.40. The lowest BCUT2D eigenvalue weighted by molar-refractivity contribution is 0.793. The van der Waals surface area contributed by atoms with Gasteiger partial charge in [-0.1, -0.05) is 18.2 Å². The molecule has 2 aromatic heterocycles. The lowest BCUT2D eigenvalue weighted by atomic mass is 10.1. The molecule has 0 unspecified atom stereocenters. The Kier molecular flexibility index (Phi) is 4.49. The Labute approximate surface area is 164 Å². The van der Waals surface area contributed by atoms with Crippen LogP contribution in [0.1, 0.15) is 19.3 Å². The predicted molar refractivity (Wildman–Crippen MR) is 113 cm³/mol. The highest BCUT2D eigenvalue weighted by Gasteiger charge is 2.22. The SMILES string of the molecule is O=c1c(-c2ccc(N[C@@H]3CCNC3)cc2)c(N2CCCC2)nc2ccccn12. The number of fused-ring (bicyclic) bond motifs is 1. The van der Waals surface area contributed by atoms with Gasteiger partial charge in [-0.2, -0.15) is 0 Å². The van der Waals surface area contributed by atoms with Crippen molar-refractivity contribution in [2.45, 2.75) is 25.3 Å². The molecule has 6 heteroatoms. The molecule has 2 aliphatic heterocycles. The van der Waals surface area contributed by atoms with Gasteiger partial charge in [0.05, 0.1) is 5.56 Å². The number of rotatable bonds is 4. The largest absolute Gasteiger partial charge is 0.381 e. The van der Waals surface area contributed by atoms with Crippen LogP contribution in [0.2, 0.25) is 0 Å². The summed E-state index contributed by atoms with van der Waals surface area (Å²) in [6.45, 7) is 3.97. The zero-order valence-electron chi connectivity index (χ0n) is 15.9. The summed E-state index contributed by atoms with van der Waals surface area (Å²) in [5, 5.41) is 6.93. The Morgan fingerprint density at radius 3 is 2.64 bits per heavy atom. The van der Waals surface area contributed by atoms with E-state index in [-0.39, 0.29) is 5.56 Å². The Morgan fingerprint density at radius 2 is 1.89 bits per heavy atom. The number of pyridine rings is 1. The molecule has 28 heavy (non-hydrogen) atoms. The average molecular weight is 375 g/mol. The van der Waals surface area contributed by atoms with Crippen molar-refractivity contribution in [2.24, 2.45) is 0 Å². The van der Waals surface area contributed by atoms with Crippen molar-refractivity contribution >= 4 is 17.2 Å². The van der Waals surface area contributed by atoms with Crippen molar-refractivity contribution in [2.75, 3.05) is 36.4 Å². The third-order valence-electron chi connectivity index (χ3n) is 5.73. The number of hydrogen-bond donors (Lipinski definition) is 2. The maximum Gasteiger partial charge on any atom is 0.267 e. The van der Waals surface area contributed by atoms with E-state index in [4.69, 9.17) is 4.98 Å². The van der Waals surface area contributed by atoms with E-state index in [0.717, 1.165) is 62.5 Å². The van der Waals surface area contributed by atoms with Crippen LogP contribution in [0.15, 0.2) is 53.5 Å². The van der Waals surface area contributed by atoms with E-state index in [2.05, 4.69) is 27.7 Å². The zero-order chi connectivity index (χ0) is 18.9. The first-order chi connectivity index (χ1) is 13.8. The highest BCUT2D eigenvalue weighted by atomic mass is 16.1. The number of benzene rings is 1. The van der Waals surface area contributed by atoms with Crippen molar-refractivity contribution < 1.29 is 0 Å². The topological polar surface area (TPSA) is 61.7 Å². The summed E-state index contributed by atoms with van der Waals surface area (Å²) < 4.78 is 1.64. The number of hydrogen-bond acceptors (Lipinski definition) is 5. The van der Waals surface area contributed by atoms with E-state index >= 15 is 0 Å². The Morgan fingerprint density at radius 1 is 1.07 bits per heavy atom. The second-order valence-corrected chi connectivity index (χ2v) is 7.65. The average Bonchev–Trinajstić information content (AvgIpc) is 3.43. The molecule has 2 N–H and O–H groups in total. The van der Waals surface area contributed by atoms with Gasteiger partial charge in [0.1, 0.15) is 11.5 Å². The van der Waals surface area contributed by atoms with E-state index in [1.807, 2.05) is 30.3 Å². The summed E-state index contributed by atoms with van der Waals surface area (Å²) in [5.74, 6) is 0.814. The highest BCUT2D eigenvalue weighted by Crippen LogP contribution is 2.30. The Hall–Kier alpha value is -2.86. The minimum Gasteiger partial charge on any atom is -0.381 e. The molecular formula is C22H25N5O. The molecule has 2 aliphatic rings. The highest BCUT2D eigenvalue weighted by molar-refractivity contribution is 5.78. The molecule has 3 aromatic rings. The molecule has 0 aliphatic carbocycles. The number of nitrogens with zero attached hydrogens (tertiary/aromatic N) is 3. The summed E-state index contributed by atoms with van der Waals surface area (Å²) in [6, 6.07) is 14.4. The molecule has 0 radical (unpaired) electrons. The Bertz CT molecular complexity index is 1030. The Balaban J connectivity index is 1.57. The molecular weight excluding hydrogens is 350 g/mol. The molecule has 0 spiro atoms. The fourth-order valence-electron chi connectivity index (χ4n) is 4.23. The lowest BCUT2D eigenvalue weighted by Gasteiger charge is -2.21. The van der Waals surface area contributed by atoms with E-state index in [1.54, 1.807) is 10.6 Å². The molecule has 6 nitrogen and oxygen atoms in total. The van der Waals surface area contributed by atoms with Gasteiger partial charge in [0.25, 0.3) is 5.56 Å². The summed E-state index contributed by atoms with van der Waals surface area (Å²) >= 11 is 0. The second kappa shape index (κ2) is 7.28. The van der Waals surface area contributed by atoms with Gasteiger partial charge >= 0.3 is 0 Å². The van der Waals surface area contributed by atoms with E-state index < -0.39 is 0 Å². The van der Waals surface area contributed by atoms with Crippen LogP contribution >= 0.6 is 0 Å². The lowest BCUT2D eigenvalue weighted by Crippen LogP contribution is -2.26. The summed E-state index contributed by atoms with van der Waals surface area (Å²) in [7, 11) is 0. The normalized spacial score (nSPS) is 19.4. The van der Waals surface area contributed by atoms with Crippen LogP contribution in [0.5, 0.6) is 0 Å². The zero-order valence-corrected chi connectivity index (χ0v) is 15.9. The fraction of sp³-hybridized carbons (Fsp3) is 0.364. The van der Waals surface area contributed by atoms with E-state index in [9.17, 15) is 4.79 Å². The second-order valence-electron chi connectivity index (χ2n) is 7.65. The van der Waals surface area contributed by atoms with Crippen molar-refractivity contribution in [1.82, 2.24) is 14.7 Å². The van der Waals surface area contributed by atoms with Crippen molar-refractivity contribution in [1.29, 1.82) is 0 Å². The molecule has 4 heterocycles. The van der Waals surface area contributed by atoms with Gasteiger partial charge in [-0.25, -0.2) is 4.98 Å². The molecule has 144 valence electrons. The van der Waals surface area contributed by atoms with Crippen molar-refractivity contribution in [3.05, 3.63) is 59.0 Å². The van der Waals surface area contributed by atoms with Gasteiger partial charge in [-0.15, -0.1) is 0 Å². The minimum absolute atomic E-state index is 0.00629. The van der Waals surface area contributed by atoms with Crippen LogP contribution in [0.4, 0.5) is 11.5 Å². The quantitative estimate of drug-likeness (QED) is 0.734. The fourth-order valence-corrected chi connectivity index (χ4v) is 4.23. The van der Waals surface area contributed by atoms with Crippen molar-refractivity contribution in [3.63, 3.8) is 0 Å². The third-order valence-corrected chi connectivity index (χ3v) is 5.73. The molecule has 2 saturated heterocycles. The molecule has 1 aromatic carbocycles. The molecule has 0 saturated carbocycles. The third kappa shape index (κ3) is 3.14. The van der Waals surface area contributed by atoms with Crippen molar-refractivity contribution in [3.8, 4) is 11.1 Å². The first kappa shape index (κ1) is 17.3. The van der Waals surface area contributed by atoms with Gasteiger partial charge in [0.2, 0.25) is 0 Å². The first-order valence-corrected chi connectivity index (χ1v) is 10.1. The summed E-state index contributed by atoms with van der Waals surface area (Å²) in [6.07, 6.45) is 5.23. The predicted octanol–water partition coefficient (Wildman–Crippen LogP) is 2.74. The van der Waals surface area contributed by atoms with E-state index in [1.165, 1.54) is 0 Å². The van der Waals surface area contributed by atoms with Gasteiger partial charge in [0.15, 0.2) is 0 Å². The molecule has 0 amide bonds. The van der Waals surface area contributed by atoms with Crippen LogP contribution in [0.3, 0.4) is 0 Å². The van der Waals surface area contributed by atoms with Crippen LogP contribution in [0.25, 0.3) is 16.8 Å². The maximum absolute atomic E-state index is 13.3. The number of nitrogens with one attached hydrogen (secondary N) is 2. The molecule has 2 fully saturated rings. The molecule has 0 bridgehead atoms. The maximum atomic E-state index is 13.3. The van der Waals surface area contributed by atoms with Gasteiger partial charge in [-0.05, 0) is 55.6 Å². The van der Waals surface area contributed by atoms with Crippen LogP contribution in [-0.4, -0.2) is 41.6 Å². The minimum atomic E-state index is -0.00629. The van der Waals surface area contributed by atoms with Crippen LogP contribution in [-0.2, 0) is 0 Å². The van der Waals surface area contributed by atoms with Crippen LogP contribution in [0, 0.1) is 0 Å². The standard InChI is InChI=1S/C22H25N5O/c28-22-20(16-6-8-17(9-7-16)24-18-10-11-23-15-18)21(26-12-3-4-13-26)25-19-5-1-2-14-27(19)22/h1-2,5-9,14,18,23-24H,3-4,10-13,15H2/t18-/m1/s1. The molecule has 1 atom stereocenters. The van der Waals surface area contributed by atoms with Gasteiger partial charge in [0, 0.05) is 37.6 Å². The van der Waals surface area contributed by atoms with Gasteiger partial charge < -0.3 is 15.5 Å². The monoisotopic (exact) mass is 375 g/mol. The van der Waals surface area contributed by atoms with Crippen LogP contribution < -0.4 is 21.1 Å². The molecule has 5 rings (SSSR count). The van der Waals surface area contributed by atoms with Gasteiger partial charge in [-0.3, -0.25) is 9.20 Å². The number of aromatic nitrogens is 2. The summed E-state index contributed by atoms with van der Waals surface area (Å²) in [4.78, 5) is 20.5. The first-order valence-electron chi connectivity index (χ1n) is 10.1. The smallest absolute Gasteiger partial charge is 0.267 e.